The summed E-state index contributed by atoms with van der Waals surface area (Å²) in [6.45, 7) is 1.88. The number of aromatic nitrogens is 2. The van der Waals surface area contributed by atoms with Gasteiger partial charge in [-0.25, -0.2) is 0 Å². The van der Waals surface area contributed by atoms with Crippen molar-refractivity contribution in [3.63, 3.8) is 0 Å². The zero-order valence-corrected chi connectivity index (χ0v) is 13.5. The van der Waals surface area contributed by atoms with Crippen LogP contribution in [0.3, 0.4) is 0 Å². The predicted octanol–water partition coefficient (Wildman–Crippen LogP) is 4.04. The molecule has 1 heterocycles. The Morgan fingerprint density at radius 2 is 1.90 bits per heavy atom. The lowest BCUT2D eigenvalue weighted by Gasteiger charge is -2.14. The van der Waals surface area contributed by atoms with Crippen molar-refractivity contribution in [2.24, 2.45) is 0 Å². The maximum atomic E-state index is 12.1. The van der Waals surface area contributed by atoms with Gasteiger partial charge in [-0.1, -0.05) is 51.3 Å². The fourth-order valence-corrected chi connectivity index (χ4v) is 2.21. The summed E-state index contributed by atoms with van der Waals surface area (Å²) in [4.78, 5) is 12.1. The van der Waals surface area contributed by atoms with Crippen LogP contribution in [0.2, 0.25) is 10.3 Å². The van der Waals surface area contributed by atoms with E-state index in [2.05, 4.69) is 31.4 Å². The lowest BCUT2D eigenvalue weighted by atomic mass is 10.1. The molecule has 0 saturated carbocycles. The average Bonchev–Trinajstić information content (AvgIpc) is 2.42. The second-order valence-electron chi connectivity index (χ2n) is 4.12. The number of benzene rings is 1. The van der Waals surface area contributed by atoms with Gasteiger partial charge < -0.3 is 5.32 Å². The highest BCUT2D eigenvalue weighted by Gasteiger charge is 2.16. The standard InChI is InChI=1S/C13H10BrCl2N3O/c1-7(8-2-4-9(14)5-3-8)17-13(20)10-6-11(15)18-19-12(10)16/h2-7H,1H3,(H,17,20)/t7-/m0/s1. The molecule has 0 fully saturated rings. The first-order valence-corrected chi connectivity index (χ1v) is 7.27. The van der Waals surface area contributed by atoms with Crippen LogP contribution < -0.4 is 5.32 Å². The number of carbonyl (C=O) groups is 1. The molecule has 1 amide bonds. The maximum absolute atomic E-state index is 12.1. The van der Waals surface area contributed by atoms with Crippen molar-refractivity contribution >= 4 is 45.0 Å². The van der Waals surface area contributed by atoms with E-state index in [0.717, 1.165) is 10.0 Å². The molecular weight excluding hydrogens is 365 g/mol. The van der Waals surface area contributed by atoms with Gasteiger partial charge in [0.2, 0.25) is 0 Å². The van der Waals surface area contributed by atoms with E-state index in [9.17, 15) is 4.79 Å². The largest absolute Gasteiger partial charge is 0.345 e. The van der Waals surface area contributed by atoms with Gasteiger partial charge in [0.15, 0.2) is 10.3 Å². The maximum Gasteiger partial charge on any atom is 0.255 e. The predicted molar refractivity (Wildman–Crippen MR) is 82.1 cm³/mol. The molecule has 0 aliphatic heterocycles. The summed E-state index contributed by atoms with van der Waals surface area (Å²) in [5.74, 6) is -0.345. The average molecular weight is 375 g/mol. The second-order valence-corrected chi connectivity index (χ2v) is 5.78. The van der Waals surface area contributed by atoms with E-state index in [0.29, 0.717) is 0 Å². The number of rotatable bonds is 3. The molecule has 0 radical (unpaired) electrons. The van der Waals surface area contributed by atoms with E-state index in [1.54, 1.807) is 0 Å². The van der Waals surface area contributed by atoms with Gasteiger partial charge in [0, 0.05) is 4.47 Å². The van der Waals surface area contributed by atoms with Crippen LogP contribution in [0.15, 0.2) is 34.8 Å². The minimum absolute atomic E-state index is 0.0231. The van der Waals surface area contributed by atoms with Crippen molar-refractivity contribution in [1.29, 1.82) is 0 Å². The molecule has 20 heavy (non-hydrogen) atoms. The molecule has 0 spiro atoms. The van der Waals surface area contributed by atoms with Crippen LogP contribution in [0.5, 0.6) is 0 Å². The van der Waals surface area contributed by atoms with Crippen molar-refractivity contribution < 1.29 is 4.79 Å². The minimum atomic E-state index is -0.345. The van der Waals surface area contributed by atoms with Crippen molar-refractivity contribution in [3.8, 4) is 0 Å². The highest BCUT2D eigenvalue weighted by molar-refractivity contribution is 9.10. The molecule has 104 valence electrons. The summed E-state index contributed by atoms with van der Waals surface area (Å²) in [6, 6.07) is 8.90. The summed E-state index contributed by atoms with van der Waals surface area (Å²) in [7, 11) is 0. The van der Waals surface area contributed by atoms with Crippen molar-refractivity contribution in [3.05, 3.63) is 56.2 Å². The van der Waals surface area contributed by atoms with Crippen LogP contribution in [0.25, 0.3) is 0 Å². The molecule has 2 rings (SSSR count). The van der Waals surface area contributed by atoms with Crippen LogP contribution in [0.4, 0.5) is 0 Å². The van der Waals surface area contributed by atoms with Crippen molar-refractivity contribution in [1.82, 2.24) is 15.5 Å². The second kappa shape index (κ2) is 6.52. The summed E-state index contributed by atoms with van der Waals surface area (Å²) in [5, 5.41) is 10.2. The summed E-state index contributed by atoms with van der Waals surface area (Å²) in [6.07, 6.45) is 0. The molecule has 4 nitrogen and oxygen atoms in total. The molecular formula is C13H10BrCl2N3O. The third-order valence-electron chi connectivity index (χ3n) is 2.68. The molecule has 1 N–H and O–H groups in total. The number of carbonyl (C=O) groups excluding carboxylic acids is 1. The quantitative estimate of drug-likeness (QED) is 0.881. The van der Waals surface area contributed by atoms with Crippen molar-refractivity contribution in [2.75, 3.05) is 0 Å². The molecule has 2 aromatic rings. The Bertz CT molecular complexity index is 634. The van der Waals surface area contributed by atoms with Gasteiger partial charge in [0.05, 0.1) is 11.6 Å². The van der Waals surface area contributed by atoms with Crippen LogP contribution in [-0.2, 0) is 0 Å². The topological polar surface area (TPSA) is 54.9 Å². The molecule has 0 saturated heterocycles. The first-order valence-electron chi connectivity index (χ1n) is 5.72. The van der Waals surface area contributed by atoms with Gasteiger partial charge >= 0.3 is 0 Å². The summed E-state index contributed by atoms with van der Waals surface area (Å²) < 4.78 is 0.980. The van der Waals surface area contributed by atoms with Gasteiger partial charge in [0.1, 0.15) is 0 Å². The summed E-state index contributed by atoms with van der Waals surface area (Å²) >= 11 is 14.9. The van der Waals surface area contributed by atoms with Crippen LogP contribution in [0.1, 0.15) is 28.9 Å². The minimum Gasteiger partial charge on any atom is -0.345 e. The Morgan fingerprint density at radius 3 is 2.55 bits per heavy atom. The van der Waals surface area contributed by atoms with E-state index in [1.807, 2.05) is 31.2 Å². The van der Waals surface area contributed by atoms with Crippen LogP contribution in [-0.4, -0.2) is 16.1 Å². The van der Waals surface area contributed by atoms with Gasteiger partial charge in [-0.2, -0.15) is 0 Å². The lowest BCUT2D eigenvalue weighted by molar-refractivity contribution is 0.0939. The molecule has 0 aliphatic carbocycles. The third kappa shape index (κ3) is 3.69. The van der Waals surface area contributed by atoms with E-state index in [4.69, 9.17) is 23.2 Å². The molecule has 1 aromatic carbocycles. The highest BCUT2D eigenvalue weighted by atomic mass is 79.9. The molecule has 1 atom stereocenters. The number of halogens is 3. The van der Waals surface area contributed by atoms with E-state index < -0.39 is 0 Å². The van der Waals surface area contributed by atoms with Crippen LogP contribution in [0, 0.1) is 0 Å². The Balaban J connectivity index is 2.15. The monoisotopic (exact) mass is 373 g/mol. The third-order valence-corrected chi connectivity index (χ3v) is 3.67. The van der Waals surface area contributed by atoms with Crippen LogP contribution >= 0.6 is 39.1 Å². The molecule has 0 bridgehead atoms. The Hall–Kier alpha value is -1.17. The van der Waals surface area contributed by atoms with Gasteiger partial charge in [0.25, 0.3) is 5.91 Å². The first kappa shape index (κ1) is 15.2. The number of amides is 1. The van der Waals surface area contributed by atoms with Gasteiger partial charge in [-0.3, -0.25) is 4.79 Å². The normalized spacial score (nSPS) is 12.0. The Morgan fingerprint density at radius 1 is 1.25 bits per heavy atom. The number of hydrogen-bond acceptors (Lipinski definition) is 3. The Kier molecular flexibility index (Phi) is 4.96. The highest BCUT2D eigenvalue weighted by Crippen LogP contribution is 2.19. The smallest absolute Gasteiger partial charge is 0.255 e. The van der Waals surface area contributed by atoms with E-state index >= 15 is 0 Å². The zero-order valence-electron chi connectivity index (χ0n) is 10.4. The first-order chi connectivity index (χ1) is 9.47. The molecule has 0 aliphatic rings. The lowest BCUT2D eigenvalue weighted by Crippen LogP contribution is -2.27. The number of nitrogens with zero attached hydrogens (tertiary/aromatic N) is 2. The van der Waals surface area contributed by atoms with E-state index in [-0.39, 0.29) is 27.8 Å². The number of nitrogens with one attached hydrogen (secondary N) is 1. The Labute approximate surface area is 134 Å². The molecule has 1 aromatic heterocycles. The van der Waals surface area contributed by atoms with Crippen molar-refractivity contribution in [2.45, 2.75) is 13.0 Å². The van der Waals surface area contributed by atoms with Gasteiger partial charge in [-0.15, -0.1) is 10.2 Å². The fraction of sp³-hybridized carbons (Fsp3) is 0.154. The number of hydrogen-bond donors (Lipinski definition) is 1. The fourth-order valence-electron chi connectivity index (χ4n) is 1.62. The van der Waals surface area contributed by atoms with E-state index in [1.165, 1.54) is 6.07 Å². The SMILES string of the molecule is C[C@H](NC(=O)c1cc(Cl)nnc1Cl)c1ccc(Br)cc1. The molecule has 0 unspecified atom stereocenters. The molecule has 7 heteroatoms. The van der Waals surface area contributed by atoms with Gasteiger partial charge in [-0.05, 0) is 30.7 Å². The summed E-state index contributed by atoms with van der Waals surface area (Å²) in [5.41, 5.74) is 1.18. The zero-order chi connectivity index (χ0) is 14.7.